The van der Waals surface area contributed by atoms with Gasteiger partial charge in [0, 0.05) is 31.1 Å². The Hall–Kier alpha value is -2.62. The van der Waals surface area contributed by atoms with Gasteiger partial charge in [0.15, 0.2) is 0 Å². The van der Waals surface area contributed by atoms with Crippen molar-refractivity contribution in [2.75, 3.05) is 30.3 Å². The number of hydrogen-bond donors (Lipinski definition) is 2. The minimum absolute atomic E-state index is 0.0923. The zero-order valence-electron chi connectivity index (χ0n) is 15.7. The number of piperazine rings is 1. The summed E-state index contributed by atoms with van der Waals surface area (Å²) < 4.78 is 5.44. The summed E-state index contributed by atoms with van der Waals surface area (Å²) in [5, 5.41) is 11.5. The first-order valence-corrected chi connectivity index (χ1v) is 9.47. The van der Waals surface area contributed by atoms with Gasteiger partial charge in [0.2, 0.25) is 5.95 Å². The molecule has 1 aliphatic rings. The molecule has 2 aromatic rings. The number of anilines is 2. The summed E-state index contributed by atoms with van der Waals surface area (Å²) in [6, 6.07) is -0.0923. The molecule has 0 radical (unpaired) electrons. The molecular formula is C17H23N5O4S. The van der Waals surface area contributed by atoms with Crippen LogP contribution in [-0.4, -0.2) is 63.3 Å². The molecule has 0 aliphatic carbocycles. The number of aromatic nitrogens is 2. The molecule has 27 heavy (non-hydrogen) atoms. The fraction of sp³-hybridized carbons (Fsp3) is 0.529. The summed E-state index contributed by atoms with van der Waals surface area (Å²) in [7, 11) is 0. The van der Waals surface area contributed by atoms with Gasteiger partial charge in [-0.1, -0.05) is 0 Å². The van der Waals surface area contributed by atoms with Gasteiger partial charge in [0.1, 0.15) is 16.2 Å². The van der Waals surface area contributed by atoms with Crippen molar-refractivity contribution in [3.8, 4) is 0 Å². The highest BCUT2D eigenvalue weighted by Gasteiger charge is 2.32. The predicted molar refractivity (Wildman–Crippen MR) is 103 cm³/mol. The van der Waals surface area contributed by atoms with Crippen molar-refractivity contribution in [1.29, 1.82) is 0 Å². The van der Waals surface area contributed by atoms with Gasteiger partial charge in [-0.15, -0.1) is 11.3 Å². The van der Waals surface area contributed by atoms with Gasteiger partial charge in [0.05, 0.1) is 10.9 Å². The van der Waals surface area contributed by atoms with Crippen LogP contribution in [0.5, 0.6) is 0 Å². The van der Waals surface area contributed by atoms with E-state index in [9.17, 15) is 14.7 Å². The van der Waals surface area contributed by atoms with Crippen molar-refractivity contribution in [3.05, 3.63) is 10.9 Å². The van der Waals surface area contributed by atoms with Gasteiger partial charge in [0.25, 0.3) is 0 Å². The van der Waals surface area contributed by atoms with E-state index < -0.39 is 11.6 Å². The largest absolute Gasteiger partial charge is 0.478 e. The van der Waals surface area contributed by atoms with E-state index in [1.54, 1.807) is 10.3 Å². The van der Waals surface area contributed by atoms with Crippen LogP contribution in [0, 0.1) is 0 Å². The number of rotatable bonds is 2. The van der Waals surface area contributed by atoms with Gasteiger partial charge >= 0.3 is 12.1 Å². The number of carboxylic acid groups (broad SMARTS) is 1. The number of nitrogen functional groups attached to an aromatic ring is 1. The van der Waals surface area contributed by atoms with E-state index in [1.165, 1.54) is 11.3 Å². The molecule has 0 aromatic carbocycles. The number of ether oxygens (including phenoxy) is 1. The zero-order valence-corrected chi connectivity index (χ0v) is 16.5. The van der Waals surface area contributed by atoms with Crippen molar-refractivity contribution in [2.45, 2.75) is 39.3 Å². The number of fused-ring (bicyclic) bond motifs is 1. The molecule has 1 amide bonds. The van der Waals surface area contributed by atoms with Gasteiger partial charge in [-0.05, 0) is 27.7 Å². The molecule has 9 nitrogen and oxygen atoms in total. The number of carbonyl (C=O) groups excluding carboxylic acids is 1. The minimum atomic E-state index is -1.03. The van der Waals surface area contributed by atoms with Crippen LogP contribution < -0.4 is 10.6 Å². The van der Waals surface area contributed by atoms with Crippen LogP contribution in [0.25, 0.3) is 10.2 Å². The highest BCUT2D eigenvalue weighted by molar-refractivity contribution is 7.17. The third-order valence-electron chi connectivity index (χ3n) is 4.21. The average molecular weight is 393 g/mol. The molecular weight excluding hydrogens is 370 g/mol. The number of carboxylic acids is 1. The normalized spacial score (nSPS) is 18.0. The van der Waals surface area contributed by atoms with E-state index >= 15 is 0 Å². The molecule has 0 bridgehead atoms. The second-order valence-corrected chi connectivity index (χ2v) is 8.37. The minimum Gasteiger partial charge on any atom is -0.478 e. The summed E-state index contributed by atoms with van der Waals surface area (Å²) in [5.41, 5.74) is 5.43. The van der Waals surface area contributed by atoms with Gasteiger partial charge < -0.3 is 25.4 Å². The summed E-state index contributed by atoms with van der Waals surface area (Å²) in [6.45, 7) is 8.80. The monoisotopic (exact) mass is 393 g/mol. The van der Waals surface area contributed by atoms with Crippen LogP contribution in [0.15, 0.2) is 5.38 Å². The smallest absolute Gasteiger partial charge is 0.410 e. The standard InChI is InChI=1S/C17H23N5O4S/c1-9-7-21(16(25)26-17(2,3)4)5-6-22(9)12-11-10(14(23)24)8-27-13(11)20-15(18)19-12/h8-9H,5-7H2,1-4H3,(H,23,24)(H2,18,19,20). The Morgan fingerprint density at radius 2 is 2.04 bits per heavy atom. The second kappa shape index (κ2) is 6.84. The Labute approximate surface area is 160 Å². The van der Waals surface area contributed by atoms with Crippen LogP contribution in [-0.2, 0) is 4.74 Å². The Kier molecular flexibility index (Phi) is 4.85. The van der Waals surface area contributed by atoms with Crippen molar-refractivity contribution < 1.29 is 19.4 Å². The average Bonchev–Trinajstić information content (AvgIpc) is 2.96. The van der Waals surface area contributed by atoms with Crippen LogP contribution in [0.2, 0.25) is 0 Å². The van der Waals surface area contributed by atoms with Gasteiger partial charge in [-0.3, -0.25) is 0 Å². The number of thiophene rings is 1. The molecule has 10 heteroatoms. The molecule has 1 aliphatic heterocycles. The lowest BCUT2D eigenvalue weighted by Crippen LogP contribution is -2.55. The Morgan fingerprint density at radius 1 is 1.33 bits per heavy atom. The first kappa shape index (κ1) is 19.2. The van der Waals surface area contributed by atoms with E-state index in [1.807, 2.05) is 32.6 Å². The molecule has 2 aromatic heterocycles. The molecule has 1 unspecified atom stereocenters. The maximum atomic E-state index is 12.3. The van der Waals surface area contributed by atoms with E-state index in [-0.39, 0.29) is 23.6 Å². The molecule has 0 spiro atoms. The number of nitrogens with zero attached hydrogens (tertiary/aromatic N) is 4. The van der Waals surface area contributed by atoms with E-state index in [4.69, 9.17) is 10.5 Å². The van der Waals surface area contributed by atoms with Gasteiger partial charge in [-0.25, -0.2) is 14.6 Å². The molecule has 1 saturated heterocycles. The van der Waals surface area contributed by atoms with E-state index in [0.717, 1.165) is 0 Å². The molecule has 3 rings (SSSR count). The lowest BCUT2D eigenvalue weighted by Gasteiger charge is -2.41. The molecule has 0 saturated carbocycles. The number of amides is 1. The molecule has 1 fully saturated rings. The molecule has 3 heterocycles. The van der Waals surface area contributed by atoms with Crippen LogP contribution in [0.4, 0.5) is 16.6 Å². The topological polar surface area (TPSA) is 122 Å². The summed E-state index contributed by atoms with van der Waals surface area (Å²) in [5.74, 6) is -0.443. The summed E-state index contributed by atoms with van der Waals surface area (Å²) in [6.07, 6.45) is -0.358. The van der Waals surface area contributed by atoms with Crippen LogP contribution in [0.3, 0.4) is 0 Å². The highest BCUT2D eigenvalue weighted by Crippen LogP contribution is 2.34. The van der Waals surface area contributed by atoms with Crippen LogP contribution in [0.1, 0.15) is 38.1 Å². The second-order valence-electron chi connectivity index (χ2n) is 7.51. The third kappa shape index (κ3) is 3.90. The van der Waals surface area contributed by atoms with Crippen molar-refractivity contribution >= 4 is 45.4 Å². The zero-order chi connectivity index (χ0) is 19.9. The predicted octanol–water partition coefficient (Wildman–Crippen LogP) is 2.42. The Morgan fingerprint density at radius 3 is 2.63 bits per heavy atom. The van der Waals surface area contributed by atoms with Crippen LogP contribution >= 0.6 is 11.3 Å². The number of hydrogen-bond acceptors (Lipinski definition) is 8. The third-order valence-corrected chi connectivity index (χ3v) is 5.09. The van der Waals surface area contributed by atoms with Crippen molar-refractivity contribution in [2.24, 2.45) is 0 Å². The first-order chi connectivity index (χ1) is 12.6. The lowest BCUT2D eigenvalue weighted by molar-refractivity contribution is 0.0218. The maximum Gasteiger partial charge on any atom is 0.410 e. The fourth-order valence-corrected chi connectivity index (χ4v) is 3.98. The lowest BCUT2D eigenvalue weighted by atomic mass is 10.1. The fourth-order valence-electron chi connectivity index (χ4n) is 3.07. The number of carbonyl (C=O) groups is 2. The van der Waals surface area contributed by atoms with E-state index in [2.05, 4.69) is 9.97 Å². The Bertz CT molecular complexity index is 891. The van der Waals surface area contributed by atoms with Crippen molar-refractivity contribution in [1.82, 2.24) is 14.9 Å². The Balaban J connectivity index is 1.89. The van der Waals surface area contributed by atoms with E-state index in [0.29, 0.717) is 35.7 Å². The number of nitrogens with two attached hydrogens (primary N) is 1. The van der Waals surface area contributed by atoms with Gasteiger partial charge in [-0.2, -0.15) is 4.98 Å². The number of aromatic carboxylic acids is 1. The highest BCUT2D eigenvalue weighted by atomic mass is 32.1. The molecule has 1 atom stereocenters. The molecule has 146 valence electrons. The quantitative estimate of drug-likeness (QED) is 0.798. The SMILES string of the molecule is CC1CN(C(=O)OC(C)(C)C)CCN1c1nc(N)nc2scc(C(=O)O)c12. The summed E-state index contributed by atoms with van der Waals surface area (Å²) >= 11 is 1.22. The molecule has 3 N–H and O–H groups in total. The summed E-state index contributed by atoms with van der Waals surface area (Å²) in [4.78, 5) is 36.6. The maximum absolute atomic E-state index is 12.3. The van der Waals surface area contributed by atoms with Crippen molar-refractivity contribution in [3.63, 3.8) is 0 Å². The first-order valence-electron chi connectivity index (χ1n) is 8.59.